The molecule has 2 aromatic carbocycles. The first-order chi connectivity index (χ1) is 11.8. The molecule has 2 aromatic rings. The van der Waals surface area contributed by atoms with E-state index in [2.05, 4.69) is 4.72 Å². The van der Waals surface area contributed by atoms with Crippen LogP contribution in [0.5, 0.6) is 5.75 Å². The van der Waals surface area contributed by atoms with Gasteiger partial charge in [0.15, 0.2) is 0 Å². The van der Waals surface area contributed by atoms with Crippen molar-refractivity contribution in [3.63, 3.8) is 0 Å². The van der Waals surface area contributed by atoms with Crippen molar-refractivity contribution in [2.45, 2.75) is 30.7 Å². The number of hydrogen-bond donors (Lipinski definition) is 1. The molecule has 0 radical (unpaired) electrons. The number of hydrogen-bond acceptors (Lipinski definition) is 5. The Balaban J connectivity index is 1.72. The minimum absolute atomic E-state index is 0.115. The Labute approximate surface area is 145 Å². The Morgan fingerprint density at radius 2 is 2.08 bits per heavy atom. The summed E-state index contributed by atoms with van der Waals surface area (Å²) in [7, 11) is -3.83. The molecule has 1 heterocycles. The van der Waals surface area contributed by atoms with Gasteiger partial charge >= 0.3 is 0 Å². The SMILES string of the molecule is CC(Cc1ccc2c(c1)CCO2)NS(=O)(=O)c1cccc([N+](=O)[O-])c1. The smallest absolute Gasteiger partial charge is 0.270 e. The molecule has 1 atom stereocenters. The molecule has 3 rings (SSSR count). The number of nitro benzene ring substituents is 1. The van der Waals surface area contributed by atoms with Gasteiger partial charge in [0.25, 0.3) is 5.69 Å². The minimum atomic E-state index is -3.83. The number of nitrogens with zero attached hydrogens (tertiary/aromatic N) is 1. The van der Waals surface area contributed by atoms with E-state index in [9.17, 15) is 18.5 Å². The van der Waals surface area contributed by atoms with Gasteiger partial charge in [0.1, 0.15) is 5.75 Å². The summed E-state index contributed by atoms with van der Waals surface area (Å²) >= 11 is 0. The predicted octanol–water partition coefficient (Wildman–Crippen LogP) is 2.44. The standard InChI is InChI=1S/C17H18N2O5S/c1-12(9-13-5-6-17-14(10-13)7-8-24-17)18-25(22,23)16-4-2-3-15(11-16)19(20)21/h2-6,10-12,18H,7-9H2,1H3. The number of non-ortho nitro benzene ring substituents is 1. The van der Waals surface area contributed by atoms with Gasteiger partial charge in [-0.25, -0.2) is 13.1 Å². The highest BCUT2D eigenvalue weighted by atomic mass is 32.2. The van der Waals surface area contributed by atoms with Gasteiger partial charge in [0.2, 0.25) is 10.0 Å². The summed E-state index contributed by atoms with van der Waals surface area (Å²) < 4.78 is 32.9. The van der Waals surface area contributed by atoms with Gasteiger partial charge in [-0.15, -0.1) is 0 Å². The van der Waals surface area contributed by atoms with Crippen molar-refractivity contribution in [1.82, 2.24) is 4.72 Å². The van der Waals surface area contributed by atoms with Gasteiger partial charge in [-0.2, -0.15) is 0 Å². The molecule has 7 nitrogen and oxygen atoms in total. The maximum Gasteiger partial charge on any atom is 0.270 e. The van der Waals surface area contributed by atoms with Crippen LogP contribution in [0.15, 0.2) is 47.4 Å². The topological polar surface area (TPSA) is 98.5 Å². The highest BCUT2D eigenvalue weighted by Crippen LogP contribution is 2.26. The van der Waals surface area contributed by atoms with Crippen molar-refractivity contribution in [3.8, 4) is 5.75 Å². The summed E-state index contributed by atoms with van der Waals surface area (Å²) in [5, 5.41) is 10.8. The Morgan fingerprint density at radius 1 is 1.28 bits per heavy atom. The lowest BCUT2D eigenvalue weighted by atomic mass is 10.0. The molecule has 1 aliphatic heterocycles. The summed E-state index contributed by atoms with van der Waals surface area (Å²) in [6.07, 6.45) is 1.37. The lowest BCUT2D eigenvalue weighted by Crippen LogP contribution is -2.34. The lowest BCUT2D eigenvalue weighted by molar-refractivity contribution is -0.385. The third-order valence-electron chi connectivity index (χ3n) is 3.99. The van der Waals surface area contributed by atoms with Gasteiger partial charge < -0.3 is 4.74 Å². The van der Waals surface area contributed by atoms with Crippen molar-refractivity contribution >= 4 is 15.7 Å². The number of ether oxygens (including phenoxy) is 1. The van der Waals surface area contributed by atoms with Crippen LogP contribution in [0, 0.1) is 10.1 Å². The number of nitro groups is 1. The number of nitrogens with one attached hydrogen (secondary N) is 1. The number of benzene rings is 2. The first kappa shape index (κ1) is 17.4. The van der Waals surface area contributed by atoms with Crippen LogP contribution in [-0.2, 0) is 22.9 Å². The first-order valence-corrected chi connectivity index (χ1v) is 9.35. The Kier molecular flexibility index (Phi) is 4.73. The molecule has 1 N–H and O–H groups in total. The third kappa shape index (κ3) is 3.97. The van der Waals surface area contributed by atoms with Crippen LogP contribution in [-0.4, -0.2) is 26.0 Å². The average molecular weight is 362 g/mol. The largest absolute Gasteiger partial charge is 0.493 e. The molecule has 1 unspecified atom stereocenters. The third-order valence-corrected chi connectivity index (χ3v) is 5.58. The van der Waals surface area contributed by atoms with Gasteiger partial charge in [-0.1, -0.05) is 18.2 Å². The molecule has 0 saturated carbocycles. The molecular weight excluding hydrogens is 344 g/mol. The van der Waals surface area contributed by atoms with E-state index in [0.29, 0.717) is 13.0 Å². The van der Waals surface area contributed by atoms with Crippen LogP contribution in [0.4, 0.5) is 5.69 Å². The number of fused-ring (bicyclic) bond motifs is 1. The molecule has 0 aliphatic carbocycles. The van der Waals surface area contributed by atoms with Crippen LogP contribution >= 0.6 is 0 Å². The van der Waals surface area contributed by atoms with E-state index in [-0.39, 0.29) is 16.6 Å². The van der Waals surface area contributed by atoms with Crippen molar-refractivity contribution in [2.24, 2.45) is 0 Å². The molecular formula is C17H18N2O5S. The molecule has 132 valence electrons. The Hall–Kier alpha value is -2.45. The van der Waals surface area contributed by atoms with Gasteiger partial charge in [-0.05, 0) is 36.6 Å². The first-order valence-electron chi connectivity index (χ1n) is 7.86. The molecule has 0 bridgehead atoms. The highest BCUT2D eigenvalue weighted by molar-refractivity contribution is 7.89. The van der Waals surface area contributed by atoms with Crippen LogP contribution in [0.3, 0.4) is 0 Å². The second-order valence-corrected chi connectivity index (χ2v) is 7.74. The maximum atomic E-state index is 12.4. The average Bonchev–Trinajstić information content (AvgIpc) is 3.02. The second-order valence-electron chi connectivity index (χ2n) is 6.02. The zero-order valence-electron chi connectivity index (χ0n) is 13.6. The van der Waals surface area contributed by atoms with Crippen LogP contribution in [0.2, 0.25) is 0 Å². The normalized spacial score (nSPS) is 14.6. The maximum absolute atomic E-state index is 12.4. The zero-order chi connectivity index (χ0) is 18.0. The van der Waals surface area contributed by atoms with Crippen LogP contribution in [0.25, 0.3) is 0 Å². The molecule has 25 heavy (non-hydrogen) atoms. The van der Waals surface area contributed by atoms with E-state index in [1.807, 2.05) is 18.2 Å². The second kappa shape index (κ2) is 6.81. The quantitative estimate of drug-likeness (QED) is 0.629. The van der Waals surface area contributed by atoms with Crippen molar-refractivity contribution in [3.05, 3.63) is 63.7 Å². The summed E-state index contributed by atoms with van der Waals surface area (Å²) in [5.41, 5.74) is 1.89. The molecule has 1 aliphatic rings. The Bertz CT molecular complexity index is 911. The van der Waals surface area contributed by atoms with E-state index in [4.69, 9.17) is 4.74 Å². The molecule has 0 fully saturated rings. The predicted molar refractivity (Wildman–Crippen MR) is 92.2 cm³/mol. The van der Waals surface area contributed by atoms with Crippen LogP contribution in [0.1, 0.15) is 18.1 Å². The summed E-state index contributed by atoms with van der Waals surface area (Å²) in [6, 6.07) is 10.5. The van der Waals surface area contributed by atoms with Crippen LogP contribution < -0.4 is 9.46 Å². The molecule has 0 aromatic heterocycles. The zero-order valence-corrected chi connectivity index (χ0v) is 14.5. The lowest BCUT2D eigenvalue weighted by Gasteiger charge is -2.15. The van der Waals surface area contributed by atoms with Crippen molar-refractivity contribution in [1.29, 1.82) is 0 Å². The summed E-state index contributed by atoms with van der Waals surface area (Å²) in [5.74, 6) is 0.883. The monoisotopic (exact) mass is 362 g/mol. The van der Waals surface area contributed by atoms with E-state index in [0.717, 1.165) is 29.4 Å². The van der Waals surface area contributed by atoms with Gasteiger partial charge in [0, 0.05) is 24.6 Å². The molecule has 8 heteroatoms. The fraction of sp³-hybridized carbons (Fsp3) is 0.294. The number of sulfonamides is 1. The molecule has 0 saturated heterocycles. The van der Waals surface area contributed by atoms with E-state index in [1.165, 1.54) is 18.2 Å². The van der Waals surface area contributed by atoms with Crippen molar-refractivity contribution in [2.75, 3.05) is 6.61 Å². The molecule has 0 spiro atoms. The fourth-order valence-corrected chi connectivity index (χ4v) is 4.14. The number of rotatable bonds is 6. The molecule has 0 amide bonds. The van der Waals surface area contributed by atoms with E-state index < -0.39 is 14.9 Å². The fourth-order valence-electron chi connectivity index (χ4n) is 2.86. The summed E-state index contributed by atoms with van der Waals surface area (Å²) in [6.45, 7) is 2.44. The highest BCUT2D eigenvalue weighted by Gasteiger charge is 2.21. The van der Waals surface area contributed by atoms with E-state index >= 15 is 0 Å². The van der Waals surface area contributed by atoms with Crippen molar-refractivity contribution < 1.29 is 18.1 Å². The van der Waals surface area contributed by atoms with Gasteiger partial charge in [0.05, 0.1) is 16.4 Å². The van der Waals surface area contributed by atoms with E-state index in [1.54, 1.807) is 6.92 Å². The Morgan fingerprint density at radius 3 is 2.84 bits per heavy atom. The minimum Gasteiger partial charge on any atom is -0.493 e. The summed E-state index contributed by atoms with van der Waals surface area (Å²) in [4.78, 5) is 10.1. The van der Waals surface area contributed by atoms with Gasteiger partial charge in [-0.3, -0.25) is 10.1 Å².